The largest absolute Gasteiger partial charge is 0.370 e. The van der Waals surface area contributed by atoms with E-state index in [1.54, 1.807) is 13.2 Å². The summed E-state index contributed by atoms with van der Waals surface area (Å²) in [5.41, 5.74) is 2.32. The maximum Gasteiger partial charge on any atom is 0.323 e. The predicted molar refractivity (Wildman–Crippen MR) is 119 cm³/mol. The zero-order valence-electron chi connectivity index (χ0n) is 17.3. The Morgan fingerprint density at radius 3 is 2.84 bits per heavy atom. The van der Waals surface area contributed by atoms with Gasteiger partial charge in [0, 0.05) is 62.5 Å². The highest BCUT2D eigenvalue weighted by Gasteiger charge is 2.44. The van der Waals surface area contributed by atoms with Crippen molar-refractivity contribution in [2.45, 2.75) is 18.9 Å². The molecular weight excluding hydrogens is 414 g/mol. The number of nitriles is 1. The van der Waals surface area contributed by atoms with E-state index >= 15 is 0 Å². The van der Waals surface area contributed by atoms with Gasteiger partial charge in [-0.05, 0) is 30.7 Å². The van der Waals surface area contributed by atoms with Crippen molar-refractivity contribution >= 4 is 45.4 Å². The lowest BCUT2D eigenvalue weighted by Crippen LogP contribution is -2.36. The van der Waals surface area contributed by atoms with Gasteiger partial charge in [-0.1, -0.05) is 0 Å². The van der Waals surface area contributed by atoms with Crippen LogP contribution in [0.1, 0.15) is 18.4 Å². The van der Waals surface area contributed by atoms with Gasteiger partial charge in [-0.15, -0.1) is 0 Å². The number of nitrogens with zero attached hydrogens (tertiary/aromatic N) is 6. The molecule has 1 aliphatic heterocycles. The Balaban J connectivity index is 1.26. The van der Waals surface area contributed by atoms with E-state index in [-0.39, 0.29) is 6.03 Å². The molecule has 0 bridgehead atoms. The smallest absolute Gasteiger partial charge is 0.323 e. The molecule has 5 rings (SSSR count). The number of pyridine rings is 1. The van der Waals surface area contributed by atoms with E-state index in [0.29, 0.717) is 34.5 Å². The van der Waals surface area contributed by atoms with Gasteiger partial charge >= 0.3 is 6.03 Å². The molecule has 0 spiro atoms. The number of nitrogens with one attached hydrogen (secondary N) is 3. The van der Waals surface area contributed by atoms with Crippen LogP contribution in [0.2, 0.25) is 0 Å². The number of carbonyl (C=O) groups is 1. The molecule has 160 valence electrons. The van der Waals surface area contributed by atoms with E-state index in [4.69, 9.17) is 0 Å². The second-order valence-electron chi connectivity index (χ2n) is 8.14. The summed E-state index contributed by atoms with van der Waals surface area (Å²) in [6, 6.07) is 4.48. The topological polar surface area (TPSA) is 126 Å². The van der Waals surface area contributed by atoms with Crippen molar-refractivity contribution in [3.8, 4) is 6.07 Å². The van der Waals surface area contributed by atoms with Crippen LogP contribution in [0.3, 0.4) is 0 Å². The van der Waals surface area contributed by atoms with E-state index < -0.39 is 0 Å². The van der Waals surface area contributed by atoms with Crippen LogP contribution in [0.5, 0.6) is 0 Å². The second-order valence-corrected chi connectivity index (χ2v) is 8.89. The summed E-state index contributed by atoms with van der Waals surface area (Å²) in [5.74, 6) is 1.41. The summed E-state index contributed by atoms with van der Waals surface area (Å²) >= 11 is 1.17. The van der Waals surface area contributed by atoms with E-state index in [2.05, 4.69) is 48.0 Å². The van der Waals surface area contributed by atoms with E-state index in [1.807, 2.05) is 17.2 Å². The van der Waals surface area contributed by atoms with E-state index in [1.165, 1.54) is 11.5 Å². The minimum absolute atomic E-state index is 0.118. The monoisotopic (exact) mass is 437 g/mol. The molecular formula is C20H23N9OS. The average Bonchev–Trinajstić information content (AvgIpc) is 3.54. The van der Waals surface area contributed by atoms with Crippen molar-refractivity contribution in [2.75, 3.05) is 42.7 Å². The van der Waals surface area contributed by atoms with Gasteiger partial charge in [-0.25, -0.2) is 9.78 Å². The van der Waals surface area contributed by atoms with Gasteiger partial charge in [0.1, 0.15) is 11.7 Å². The molecule has 3 aromatic heterocycles. The minimum Gasteiger partial charge on any atom is -0.370 e. The molecule has 31 heavy (non-hydrogen) atoms. The first-order valence-electron chi connectivity index (χ1n) is 10.2. The molecule has 1 saturated carbocycles. The number of aromatic nitrogens is 4. The summed E-state index contributed by atoms with van der Waals surface area (Å²) in [7, 11) is 3.81. The fourth-order valence-corrected chi connectivity index (χ4v) is 5.50. The van der Waals surface area contributed by atoms with Crippen LogP contribution in [-0.4, -0.2) is 63.5 Å². The molecule has 11 heteroatoms. The van der Waals surface area contributed by atoms with Gasteiger partial charge in [0.05, 0.1) is 11.3 Å². The molecule has 2 amide bonds. The third kappa shape index (κ3) is 3.42. The second kappa shape index (κ2) is 7.70. The zero-order chi connectivity index (χ0) is 21.5. The lowest BCUT2D eigenvalue weighted by molar-refractivity contribution is 0.218. The Morgan fingerprint density at radius 2 is 2.16 bits per heavy atom. The summed E-state index contributed by atoms with van der Waals surface area (Å²) in [6.45, 7) is 1.47. The molecule has 3 aromatic rings. The van der Waals surface area contributed by atoms with Gasteiger partial charge in [-0.2, -0.15) is 14.6 Å². The molecule has 2 unspecified atom stereocenters. The average molecular weight is 438 g/mol. The number of hydrogen-bond acceptors (Lipinski definition) is 8. The summed E-state index contributed by atoms with van der Waals surface area (Å²) in [6.07, 6.45) is 5.48. The highest BCUT2D eigenvalue weighted by molar-refractivity contribution is 7.10. The van der Waals surface area contributed by atoms with Gasteiger partial charge in [0.15, 0.2) is 0 Å². The van der Waals surface area contributed by atoms with Crippen molar-refractivity contribution in [3.05, 3.63) is 24.0 Å². The lowest BCUT2D eigenvalue weighted by atomic mass is 10.0. The quantitative estimate of drug-likeness (QED) is 0.573. The number of aromatic amines is 1. The molecule has 1 aliphatic carbocycles. The van der Waals surface area contributed by atoms with Crippen LogP contribution in [0.15, 0.2) is 18.5 Å². The van der Waals surface area contributed by atoms with Crippen molar-refractivity contribution in [2.24, 2.45) is 11.8 Å². The fourth-order valence-electron chi connectivity index (χ4n) is 4.93. The normalized spacial score (nSPS) is 22.4. The number of amides is 2. The van der Waals surface area contributed by atoms with Crippen molar-refractivity contribution < 1.29 is 4.79 Å². The molecule has 0 radical (unpaired) electrons. The van der Waals surface area contributed by atoms with Crippen LogP contribution in [0.25, 0.3) is 11.0 Å². The first kappa shape index (κ1) is 19.6. The Morgan fingerprint density at radius 1 is 1.39 bits per heavy atom. The number of urea groups is 1. The summed E-state index contributed by atoms with van der Waals surface area (Å²) in [5, 5.41) is 16.8. The highest BCUT2D eigenvalue weighted by atomic mass is 32.1. The third-order valence-corrected chi connectivity index (χ3v) is 7.09. The van der Waals surface area contributed by atoms with Crippen molar-refractivity contribution in [1.82, 2.24) is 24.2 Å². The first-order chi connectivity index (χ1) is 15.1. The van der Waals surface area contributed by atoms with Crippen LogP contribution in [0, 0.1) is 23.2 Å². The number of anilines is 3. The molecule has 2 aliphatic rings. The Bertz CT molecular complexity index is 1150. The standard InChI is InChI=1S/C20H23N9OS/c1-22-18-25-19(31-27-18)26-20(30)29-9-11-5-14(6-12(11)10-29)28(2)16-13(7-21)8-24-17-15(16)3-4-23-17/h3-4,8,11-12,14H,5-6,9-10H2,1-2H3,(H,23,24)(H2,22,25,26,27,30). The lowest BCUT2D eigenvalue weighted by Gasteiger charge is -2.29. The molecule has 4 heterocycles. The number of carbonyl (C=O) groups excluding carboxylic acids is 1. The number of fused-ring (bicyclic) bond motifs is 2. The number of H-pyrrole nitrogens is 1. The zero-order valence-corrected chi connectivity index (χ0v) is 18.1. The van der Waals surface area contributed by atoms with Crippen molar-refractivity contribution in [3.63, 3.8) is 0 Å². The van der Waals surface area contributed by atoms with Crippen LogP contribution >= 0.6 is 11.5 Å². The third-order valence-electron chi connectivity index (χ3n) is 6.46. The maximum atomic E-state index is 12.7. The number of rotatable bonds is 4. The molecule has 0 aromatic carbocycles. The van der Waals surface area contributed by atoms with Gasteiger partial charge in [0.25, 0.3) is 0 Å². The SMILES string of the molecule is CNc1nsc(NC(=O)N2CC3CC(N(C)c4c(C#N)cnc5[nH]ccc45)CC3C2)n1. The van der Waals surface area contributed by atoms with Crippen LogP contribution in [-0.2, 0) is 0 Å². The molecule has 2 atom stereocenters. The summed E-state index contributed by atoms with van der Waals surface area (Å²) < 4.78 is 4.11. The van der Waals surface area contributed by atoms with Crippen LogP contribution in [0.4, 0.5) is 21.6 Å². The number of hydrogen-bond donors (Lipinski definition) is 3. The van der Waals surface area contributed by atoms with Gasteiger partial charge in [-0.3, -0.25) is 5.32 Å². The van der Waals surface area contributed by atoms with E-state index in [9.17, 15) is 10.1 Å². The van der Waals surface area contributed by atoms with Crippen molar-refractivity contribution in [1.29, 1.82) is 5.26 Å². The maximum absolute atomic E-state index is 12.7. The first-order valence-corrected chi connectivity index (χ1v) is 11.0. The Kier molecular flexibility index (Phi) is 4.86. The predicted octanol–water partition coefficient (Wildman–Crippen LogP) is 2.71. The minimum atomic E-state index is -0.118. The Labute approximate surface area is 183 Å². The molecule has 2 fully saturated rings. The van der Waals surface area contributed by atoms with Crippen LogP contribution < -0.4 is 15.5 Å². The fraction of sp³-hybridized carbons (Fsp3) is 0.450. The summed E-state index contributed by atoms with van der Waals surface area (Å²) in [4.78, 5) is 28.5. The van der Waals surface area contributed by atoms with Gasteiger partial charge in [0.2, 0.25) is 11.1 Å². The highest BCUT2D eigenvalue weighted by Crippen LogP contribution is 2.42. The van der Waals surface area contributed by atoms with Gasteiger partial charge < -0.3 is 20.1 Å². The molecule has 3 N–H and O–H groups in total. The Hall–Kier alpha value is -3.39. The number of likely N-dealkylation sites (tertiary alicyclic amines) is 1. The molecule has 10 nitrogen and oxygen atoms in total. The van der Waals surface area contributed by atoms with E-state index in [0.717, 1.165) is 42.7 Å². The molecule has 1 saturated heterocycles.